The predicted octanol–water partition coefficient (Wildman–Crippen LogP) is 2.16. The first kappa shape index (κ1) is 21.8. The Balaban J connectivity index is 1.34. The Morgan fingerprint density at radius 2 is 2.09 bits per heavy atom. The molecule has 0 bridgehead atoms. The average molecular weight is 464 g/mol. The van der Waals surface area contributed by atoms with Gasteiger partial charge in [0.25, 0.3) is 0 Å². The highest BCUT2D eigenvalue weighted by Gasteiger charge is 2.47. The average Bonchev–Trinajstić information content (AvgIpc) is 3.52. The molecule has 0 saturated carbocycles. The SMILES string of the molecule is COC(=O)NC[C@@H]1OC(=O)N2c3ccc(-c4ccc(-n5cc(C(C)(C)O)nn5)nc4)cc3CC12. The van der Waals surface area contributed by atoms with Gasteiger partial charge in [0.15, 0.2) is 5.82 Å². The van der Waals surface area contributed by atoms with Gasteiger partial charge in [-0.3, -0.25) is 4.90 Å². The number of carbonyl (C=O) groups is 2. The molecule has 2 atom stereocenters. The second kappa shape index (κ2) is 8.10. The monoisotopic (exact) mass is 464 g/mol. The molecule has 0 aliphatic carbocycles. The molecule has 4 heterocycles. The van der Waals surface area contributed by atoms with Crippen LogP contribution >= 0.6 is 0 Å². The number of nitrogens with one attached hydrogen (secondary N) is 1. The van der Waals surface area contributed by atoms with E-state index >= 15 is 0 Å². The maximum absolute atomic E-state index is 12.5. The van der Waals surface area contributed by atoms with E-state index in [0.717, 1.165) is 22.4 Å². The normalized spacial score (nSPS) is 18.9. The zero-order chi connectivity index (χ0) is 24.0. The molecule has 1 aromatic carbocycles. The van der Waals surface area contributed by atoms with E-state index in [1.54, 1.807) is 31.1 Å². The van der Waals surface area contributed by atoms with Crippen LogP contribution in [0.15, 0.2) is 42.7 Å². The third kappa shape index (κ3) is 3.83. The first-order valence-electron chi connectivity index (χ1n) is 10.8. The molecule has 2 N–H and O–H groups in total. The standard InChI is InChI=1S/C23H24N6O5/c1-23(2,32)19-12-28(27-26-19)20-7-5-14(10-24-20)13-4-6-16-15(8-13)9-17-18(11-25-21(30)33-3)34-22(31)29(16)17/h4-8,10,12,17-18,32H,9,11H2,1-3H3,(H,25,30)/t17?,18-/m0/s1. The van der Waals surface area contributed by atoms with E-state index in [9.17, 15) is 14.7 Å². The fourth-order valence-corrected chi connectivity index (χ4v) is 4.24. The van der Waals surface area contributed by atoms with E-state index in [-0.39, 0.29) is 12.6 Å². The third-order valence-corrected chi connectivity index (χ3v) is 6.05. The van der Waals surface area contributed by atoms with Crippen molar-refractivity contribution in [1.82, 2.24) is 25.3 Å². The van der Waals surface area contributed by atoms with E-state index in [4.69, 9.17) is 4.74 Å². The number of hydrogen-bond acceptors (Lipinski definition) is 8. The van der Waals surface area contributed by atoms with Crippen LogP contribution in [0, 0.1) is 0 Å². The first-order chi connectivity index (χ1) is 16.2. The summed E-state index contributed by atoms with van der Waals surface area (Å²) in [5, 5.41) is 20.7. The van der Waals surface area contributed by atoms with Crippen LogP contribution in [0.25, 0.3) is 16.9 Å². The van der Waals surface area contributed by atoms with Gasteiger partial charge in [0.05, 0.1) is 31.6 Å². The van der Waals surface area contributed by atoms with Gasteiger partial charge in [0.2, 0.25) is 0 Å². The van der Waals surface area contributed by atoms with Crippen molar-refractivity contribution in [2.75, 3.05) is 18.6 Å². The van der Waals surface area contributed by atoms with E-state index in [1.807, 2.05) is 30.3 Å². The quantitative estimate of drug-likeness (QED) is 0.587. The highest BCUT2D eigenvalue weighted by molar-refractivity contribution is 5.94. The third-order valence-electron chi connectivity index (χ3n) is 6.05. The number of ether oxygens (including phenoxy) is 2. The van der Waals surface area contributed by atoms with Gasteiger partial charge < -0.3 is 19.9 Å². The van der Waals surface area contributed by atoms with Crippen LogP contribution < -0.4 is 10.2 Å². The topological polar surface area (TPSA) is 132 Å². The summed E-state index contributed by atoms with van der Waals surface area (Å²) < 4.78 is 11.6. The lowest BCUT2D eigenvalue weighted by Crippen LogP contribution is -2.40. The molecule has 2 aromatic heterocycles. The summed E-state index contributed by atoms with van der Waals surface area (Å²) in [6, 6.07) is 9.46. The van der Waals surface area contributed by atoms with Crippen molar-refractivity contribution in [2.45, 2.75) is 38.0 Å². The van der Waals surface area contributed by atoms with Gasteiger partial charge in [0, 0.05) is 11.8 Å². The van der Waals surface area contributed by atoms with Crippen LogP contribution in [0.3, 0.4) is 0 Å². The van der Waals surface area contributed by atoms with Gasteiger partial charge in [-0.2, -0.15) is 0 Å². The first-order valence-corrected chi connectivity index (χ1v) is 10.8. The van der Waals surface area contributed by atoms with Crippen molar-refractivity contribution in [3.05, 3.63) is 54.0 Å². The maximum atomic E-state index is 12.5. The molecule has 1 unspecified atom stereocenters. The Kier molecular flexibility index (Phi) is 5.20. The summed E-state index contributed by atoms with van der Waals surface area (Å²) in [4.78, 5) is 30.0. The van der Waals surface area contributed by atoms with Crippen molar-refractivity contribution < 1.29 is 24.2 Å². The molecule has 3 aromatic rings. The summed E-state index contributed by atoms with van der Waals surface area (Å²) in [5.41, 5.74) is 3.08. The number of aliphatic hydroxyl groups is 1. The fourth-order valence-electron chi connectivity index (χ4n) is 4.24. The number of benzene rings is 1. The van der Waals surface area contributed by atoms with E-state index < -0.39 is 23.9 Å². The highest BCUT2D eigenvalue weighted by atomic mass is 16.6. The number of rotatable bonds is 5. The van der Waals surface area contributed by atoms with Crippen molar-refractivity contribution in [3.8, 4) is 16.9 Å². The Bertz CT molecular complexity index is 1250. The van der Waals surface area contributed by atoms with E-state index in [2.05, 4.69) is 25.3 Å². The number of amides is 2. The minimum Gasteiger partial charge on any atom is -0.453 e. The van der Waals surface area contributed by atoms with Gasteiger partial charge >= 0.3 is 12.2 Å². The second-order valence-corrected chi connectivity index (χ2v) is 8.79. The molecule has 2 amide bonds. The summed E-state index contributed by atoms with van der Waals surface area (Å²) in [5.74, 6) is 0.581. The lowest BCUT2D eigenvalue weighted by atomic mass is 10.0. The summed E-state index contributed by atoms with van der Waals surface area (Å²) in [6.07, 6.45) is 2.57. The number of pyridine rings is 1. The molecule has 2 aliphatic rings. The summed E-state index contributed by atoms with van der Waals surface area (Å²) in [6.45, 7) is 3.48. The van der Waals surface area contributed by atoms with Crippen LogP contribution in [0.4, 0.5) is 15.3 Å². The smallest absolute Gasteiger partial charge is 0.415 e. The van der Waals surface area contributed by atoms with Crippen LogP contribution in [0.5, 0.6) is 0 Å². The van der Waals surface area contributed by atoms with Crippen molar-refractivity contribution >= 4 is 17.9 Å². The van der Waals surface area contributed by atoms with Gasteiger partial charge in [-0.1, -0.05) is 11.3 Å². The lowest BCUT2D eigenvalue weighted by Gasteiger charge is -2.16. The van der Waals surface area contributed by atoms with Crippen molar-refractivity contribution in [1.29, 1.82) is 0 Å². The van der Waals surface area contributed by atoms with E-state index in [0.29, 0.717) is 17.9 Å². The minimum absolute atomic E-state index is 0.184. The Hall–Kier alpha value is -3.99. The maximum Gasteiger partial charge on any atom is 0.415 e. The van der Waals surface area contributed by atoms with Crippen LogP contribution in [0.1, 0.15) is 25.1 Å². The number of anilines is 1. The number of hydrogen-bond donors (Lipinski definition) is 2. The Labute approximate surface area is 195 Å². The number of nitrogens with zero attached hydrogens (tertiary/aromatic N) is 5. The molecule has 11 nitrogen and oxygen atoms in total. The predicted molar refractivity (Wildman–Crippen MR) is 120 cm³/mol. The molecule has 5 rings (SSSR count). The van der Waals surface area contributed by atoms with Crippen molar-refractivity contribution in [3.63, 3.8) is 0 Å². The molecule has 0 radical (unpaired) electrons. The molecule has 176 valence electrons. The summed E-state index contributed by atoms with van der Waals surface area (Å²) in [7, 11) is 1.29. The van der Waals surface area contributed by atoms with Gasteiger partial charge in [-0.05, 0) is 55.7 Å². The Morgan fingerprint density at radius 1 is 1.29 bits per heavy atom. The fraction of sp³-hybridized carbons (Fsp3) is 0.348. The van der Waals surface area contributed by atoms with Gasteiger partial charge in [-0.25, -0.2) is 19.3 Å². The van der Waals surface area contributed by atoms with Gasteiger partial charge in [-0.15, -0.1) is 5.10 Å². The highest BCUT2D eigenvalue weighted by Crippen LogP contribution is 2.40. The van der Waals surface area contributed by atoms with E-state index in [1.165, 1.54) is 11.8 Å². The largest absolute Gasteiger partial charge is 0.453 e. The van der Waals surface area contributed by atoms with Crippen molar-refractivity contribution in [2.24, 2.45) is 0 Å². The number of carbonyl (C=O) groups excluding carboxylic acids is 2. The minimum atomic E-state index is -1.09. The summed E-state index contributed by atoms with van der Waals surface area (Å²) >= 11 is 0. The second-order valence-electron chi connectivity index (χ2n) is 8.79. The number of cyclic esters (lactones) is 1. The van der Waals surface area contributed by atoms with Crippen LogP contribution in [-0.2, 0) is 21.5 Å². The number of alkyl carbamates (subject to hydrolysis) is 1. The molecule has 1 fully saturated rings. The number of aromatic nitrogens is 4. The molecule has 2 aliphatic heterocycles. The zero-order valence-corrected chi connectivity index (χ0v) is 18.9. The number of methoxy groups -OCH3 is 1. The van der Waals surface area contributed by atoms with Gasteiger partial charge in [0.1, 0.15) is 17.4 Å². The molecular formula is C23H24N6O5. The molecule has 0 spiro atoms. The van der Waals surface area contributed by atoms with Crippen LogP contribution in [0.2, 0.25) is 0 Å². The molecule has 11 heteroatoms. The molecule has 1 saturated heterocycles. The van der Waals surface area contributed by atoms with Crippen LogP contribution in [-0.4, -0.2) is 63.1 Å². The lowest BCUT2D eigenvalue weighted by molar-refractivity contribution is 0.0737. The molecular weight excluding hydrogens is 440 g/mol. The Morgan fingerprint density at radius 3 is 2.76 bits per heavy atom. The zero-order valence-electron chi connectivity index (χ0n) is 18.9. The molecule has 34 heavy (non-hydrogen) atoms. The number of fused-ring (bicyclic) bond motifs is 3.